The summed E-state index contributed by atoms with van der Waals surface area (Å²) in [6.07, 6.45) is 3.29. The molecule has 3 aromatic rings. The van der Waals surface area contributed by atoms with E-state index in [1.165, 1.54) is 11.1 Å². The van der Waals surface area contributed by atoms with E-state index in [2.05, 4.69) is 63.7 Å². The Morgan fingerprint density at radius 1 is 0.941 bits per heavy atom. The van der Waals surface area contributed by atoms with Gasteiger partial charge >= 0.3 is 6.03 Å². The minimum atomic E-state index is -0.0355. The fourth-order valence-electron chi connectivity index (χ4n) is 5.01. The third-order valence-electron chi connectivity index (χ3n) is 6.66. The number of nitrogens with zero attached hydrogens (tertiary/aromatic N) is 4. The molecule has 3 heterocycles. The summed E-state index contributed by atoms with van der Waals surface area (Å²) in [7, 11) is 0. The minimum absolute atomic E-state index is 0.0105. The molecule has 0 bridgehead atoms. The SMILES string of the molecule is O=C1NCCN1CC1CN(C(=O)c2cccnc2)CCN1C(c1ccccc1)c1ccccc1. The summed E-state index contributed by atoms with van der Waals surface area (Å²) in [5.41, 5.74) is 3.00. The number of hydrogen-bond donors (Lipinski definition) is 1. The van der Waals surface area contributed by atoms with Gasteiger partial charge in [0.25, 0.3) is 5.91 Å². The number of carbonyl (C=O) groups is 2. The van der Waals surface area contributed by atoms with Gasteiger partial charge < -0.3 is 15.1 Å². The zero-order chi connectivity index (χ0) is 23.3. The molecule has 34 heavy (non-hydrogen) atoms. The Morgan fingerprint density at radius 3 is 2.24 bits per heavy atom. The quantitative estimate of drug-likeness (QED) is 0.621. The highest BCUT2D eigenvalue weighted by molar-refractivity contribution is 5.94. The van der Waals surface area contributed by atoms with Crippen LogP contribution in [0.25, 0.3) is 0 Å². The van der Waals surface area contributed by atoms with E-state index >= 15 is 0 Å². The summed E-state index contributed by atoms with van der Waals surface area (Å²) in [4.78, 5) is 36.0. The molecule has 7 nitrogen and oxygen atoms in total. The summed E-state index contributed by atoms with van der Waals surface area (Å²) in [6.45, 7) is 3.78. The standard InChI is InChI=1S/C27H29N5O2/c33-26(23-12-7-13-28-18-23)30-16-17-32(24(19-30)20-31-15-14-29-27(31)34)25(21-8-3-1-4-9-21)22-10-5-2-6-11-22/h1-13,18,24-25H,14-17,19-20H2,(H,29,34). The molecule has 2 saturated heterocycles. The van der Waals surface area contributed by atoms with Crippen LogP contribution in [0.4, 0.5) is 4.79 Å². The van der Waals surface area contributed by atoms with Crippen LogP contribution in [0.2, 0.25) is 0 Å². The molecule has 7 heteroatoms. The van der Waals surface area contributed by atoms with Crippen LogP contribution in [-0.4, -0.2) is 76.9 Å². The van der Waals surface area contributed by atoms with Gasteiger partial charge in [0.05, 0.1) is 11.6 Å². The lowest BCUT2D eigenvalue weighted by Crippen LogP contribution is -2.59. The minimum Gasteiger partial charge on any atom is -0.336 e. The predicted molar refractivity (Wildman–Crippen MR) is 130 cm³/mol. The van der Waals surface area contributed by atoms with Gasteiger partial charge in [0, 0.05) is 57.7 Å². The van der Waals surface area contributed by atoms with Crippen LogP contribution in [0.15, 0.2) is 85.2 Å². The first-order chi connectivity index (χ1) is 16.7. The number of nitrogens with one attached hydrogen (secondary N) is 1. The van der Waals surface area contributed by atoms with Crippen LogP contribution in [0.1, 0.15) is 27.5 Å². The van der Waals surface area contributed by atoms with Crippen molar-refractivity contribution in [3.05, 3.63) is 102 Å². The van der Waals surface area contributed by atoms with Crippen molar-refractivity contribution in [3.63, 3.8) is 0 Å². The van der Waals surface area contributed by atoms with Gasteiger partial charge in [0.1, 0.15) is 0 Å². The Kier molecular flexibility index (Phi) is 6.53. The van der Waals surface area contributed by atoms with E-state index in [1.807, 2.05) is 21.9 Å². The average Bonchev–Trinajstić information content (AvgIpc) is 3.30. The molecule has 0 saturated carbocycles. The number of carbonyl (C=O) groups excluding carboxylic acids is 2. The Bertz CT molecular complexity index is 1070. The third-order valence-corrected chi connectivity index (χ3v) is 6.66. The van der Waals surface area contributed by atoms with Crippen LogP contribution in [0, 0.1) is 0 Å². The number of amides is 3. The van der Waals surface area contributed by atoms with E-state index in [0.29, 0.717) is 44.8 Å². The number of rotatable bonds is 6. The predicted octanol–water partition coefficient (Wildman–Crippen LogP) is 3.02. The van der Waals surface area contributed by atoms with E-state index in [0.717, 1.165) is 0 Å². The van der Waals surface area contributed by atoms with Crippen LogP contribution < -0.4 is 5.32 Å². The van der Waals surface area contributed by atoms with Crippen molar-refractivity contribution in [3.8, 4) is 0 Å². The number of pyridine rings is 1. The highest BCUT2D eigenvalue weighted by Gasteiger charge is 2.37. The number of benzene rings is 2. The fraction of sp³-hybridized carbons (Fsp3) is 0.296. The number of aromatic nitrogens is 1. The Balaban J connectivity index is 1.47. The third kappa shape index (κ3) is 4.65. The van der Waals surface area contributed by atoms with Crippen molar-refractivity contribution >= 4 is 11.9 Å². The monoisotopic (exact) mass is 455 g/mol. The molecule has 5 rings (SSSR count). The van der Waals surface area contributed by atoms with E-state index in [-0.39, 0.29) is 24.0 Å². The molecule has 1 aromatic heterocycles. The summed E-state index contributed by atoms with van der Waals surface area (Å²) >= 11 is 0. The second-order valence-corrected chi connectivity index (χ2v) is 8.79. The van der Waals surface area contributed by atoms with Crippen molar-refractivity contribution in [2.45, 2.75) is 12.1 Å². The molecule has 2 aliphatic heterocycles. The molecule has 0 spiro atoms. The number of urea groups is 1. The highest BCUT2D eigenvalue weighted by Crippen LogP contribution is 2.32. The normalized spacial score (nSPS) is 18.9. The Hall–Kier alpha value is -3.71. The van der Waals surface area contributed by atoms with E-state index in [4.69, 9.17) is 0 Å². The van der Waals surface area contributed by atoms with Crippen LogP contribution in [-0.2, 0) is 0 Å². The Labute approximate surface area is 200 Å². The smallest absolute Gasteiger partial charge is 0.317 e. The van der Waals surface area contributed by atoms with Gasteiger partial charge in [-0.25, -0.2) is 4.79 Å². The molecule has 2 fully saturated rings. The van der Waals surface area contributed by atoms with Crippen molar-refractivity contribution in [2.24, 2.45) is 0 Å². The molecule has 0 aliphatic carbocycles. The maximum atomic E-state index is 13.2. The average molecular weight is 456 g/mol. The summed E-state index contributed by atoms with van der Waals surface area (Å²) in [5.74, 6) is -0.0143. The van der Waals surface area contributed by atoms with Crippen LogP contribution >= 0.6 is 0 Å². The maximum absolute atomic E-state index is 13.2. The second kappa shape index (κ2) is 10.1. The van der Waals surface area contributed by atoms with Gasteiger partial charge in [-0.05, 0) is 23.3 Å². The second-order valence-electron chi connectivity index (χ2n) is 8.79. The maximum Gasteiger partial charge on any atom is 0.317 e. The van der Waals surface area contributed by atoms with Gasteiger partial charge in [0.15, 0.2) is 0 Å². The van der Waals surface area contributed by atoms with Crippen molar-refractivity contribution < 1.29 is 9.59 Å². The lowest BCUT2D eigenvalue weighted by Gasteiger charge is -2.46. The fourth-order valence-corrected chi connectivity index (χ4v) is 5.01. The summed E-state index contributed by atoms with van der Waals surface area (Å²) in [5, 5.41) is 2.91. The summed E-state index contributed by atoms with van der Waals surface area (Å²) < 4.78 is 0. The van der Waals surface area contributed by atoms with Gasteiger partial charge in [-0.3, -0.25) is 14.7 Å². The largest absolute Gasteiger partial charge is 0.336 e. The molecule has 3 amide bonds. The van der Waals surface area contributed by atoms with Crippen molar-refractivity contribution in [1.29, 1.82) is 0 Å². The molecular weight excluding hydrogens is 426 g/mol. The molecule has 1 atom stereocenters. The highest BCUT2D eigenvalue weighted by atomic mass is 16.2. The molecule has 0 radical (unpaired) electrons. The van der Waals surface area contributed by atoms with Crippen LogP contribution in [0.5, 0.6) is 0 Å². The van der Waals surface area contributed by atoms with E-state index in [1.54, 1.807) is 24.5 Å². The molecule has 1 unspecified atom stereocenters. The van der Waals surface area contributed by atoms with E-state index in [9.17, 15) is 9.59 Å². The molecule has 1 N–H and O–H groups in total. The van der Waals surface area contributed by atoms with Gasteiger partial charge in [-0.15, -0.1) is 0 Å². The van der Waals surface area contributed by atoms with Gasteiger partial charge in [-0.1, -0.05) is 60.7 Å². The van der Waals surface area contributed by atoms with E-state index < -0.39 is 0 Å². The Morgan fingerprint density at radius 2 is 1.65 bits per heavy atom. The zero-order valence-electron chi connectivity index (χ0n) is 19.1. The number of hydrogen-bond acceptors (Lipinski definition) is 4. The lowest BCUT2D eigenvalue weighted by atomic mass is 9.94. The van der Waals surface area contributed by atoms with Crippen molar-refractivity contribution in [1.82, 2.24) is 25.0 Å². The first kappa shape index (κ1) is 22.1. The number of piperazine rings is 1. The first-order valence-corrected chi connectivity index (χ1v) is 11.8. The van der Waals surface area contributed by atoms with Crippen LogP contribution in [0.3, 0.4) is 0 Å². The first-order valence-electron chi connectivity index (χ1n) is 11.8. The topological polar surface area (TPSA) is 68.8 Å². The molecule has 2 aromatic carbocycles. The van der Waals surface area contributed by atoms with Crippen molar-refractivity contribution in [2.75, 3.05) is 39.3 Å². The van der Waals surface area contributed by atoms with Gasteiger partial charge in [-0.2, -0.15) is 0 Å². The van der Waals surface area contributed by atoms with Gasteiger partial charge in [0.2, 0.25) is 0 Å². The lowest BCUT2D eigenvalue weighted by molar-refractivity contribution is 0.0318. The summed E-state index contributed by atoms with van der Waals surface area (Å²) in [6, 6.07) is 24.5. The molecular formula is C27H29N5O2. The molecule has 2 aliphatic rings. The molecule has 174 valence electrons. The zero-order valence-corrected chi connectivity index (χ0v) is 19.1.